The van der Waals surface area contributed by atoms with Crippen molar-refractivity contribution in [2.45, 2.75) is 46.0 Å². The normalized spacial score (nSPS) is 16.7. The molecule has 0 unspecified atom stereocenters. The van der Waals surface area contributed by atoms with Gasteiger partial charge in [0.2, 0.25) is 5.95 Å². The van der Waals surface area contributed by atoms with Gasteiger partial charge in [0.15, 0.2) is 0 Å². The highest BCUT2D eigenvalue weighted by atomic mass is 15.1. The molecule has 1 aliphatic carbocycles. The number of nitrogens with one attached hydrogen (secondary N) is 2. The van der Waals surface area contributed by atoms with Crippen molar-refractivity contribution >= 4 is 17.6 Å². The number of hydrogen-bond acceptors (Lipinski definition) is 5. The Morgan fingerprint density at radius 3 is 2.42 bits per heavy atom. The maximum absolute atomic E-state index is 5.75. The smallest absolute Gasteiger partial charge is 0.223 e. The van der Waals surface area contributed by atoms with Gasteiger partial charge in [-0.2, -0.15) is 9.97 Å². The zero-order chi connectivity index (χ0) is 13.7. The van der Waals surface area contributed by atoms with Gasteiger partial charge in [0, 0.05) is 19.2 Å². The lowest BCUT2D eigenvalue weighted by Gasteiger charge is -2.41. The summed E-state index contributed by atoms with van der Waals surface area (Å²) in [6.45, 7) is 6.27. The zero-order valence-corrected chi connectivity index (χ0v) is 12.0. The Hall–Kier alpha value is -1.52. The van der Waals surface area contributed by atoms with E-state index < -0.39 is 0 Å². The Bertz CT molecular complexity index is 409. The van der Waals surface area contributed by atoms with E-state index in [0.717, 1.165) is 31.1 Å². The van der Waals surface area contributed by atoms with Gasteiger partial charge in [-0.15, -0.1) is 0 Å². The van der Waals surface area contributed by atoms with Gasteiger partial charge in [-0.05, 0) is 31.1 Å². The third-order valence-corrected chi connectivity index (χ3v) is 4.11. The van der Waals surface area contributed by atoms with Crippen LogP contribution in [0.1, 0.15) is 46.0 Å². The first-order valence-electron chi connectivity index (χ1n) is 7.30. The average molecular weight is 263 g/mol. The number of nitrogens with two attached hydrogens (primary N) is 1. The van der Waals surface area contributed by atoms with Crippen LogP contribution in [0.15, 0.2) is 6.07 Å². The van der Waals surface area contributed by atoms with Crippen LogP contribution in [0.25, 0.3) is 0 Å². The molecule has 0 radical (unpaired) electrons. The predicted molar refractivity (Wildman–Crippen MR) is 80.3 cm³/mol. The van der Waals surface area contributed by atoms with Crippen molar-refractivity contribution in [3.05, 3.63) is 6.07 Å². The molecule has 0 aliphatic heterocycles. The van der Waals surface area contributed by atoms with Gasteiger partial charge in [-0.3, -0.25) is 0 Å². The molecule has 0 aromatic carbocycles. The first-order valence-corrected chi connectivity index (χ1v) is 7.30. The summed E-state index contributed by atoms with van der Waals surface area (Å²) in [5.41, 5.74) is 6.22. The molecule has 2 rings (SSSR count). The molecular formula is C14H25N5. The summed E-state index contributed by atoms with van der Waals surface area (Å²) in [4.78, 5) is 8.44. The Kier molecular flexibility index (Phi) is 4.45. The first-order chi connectivity index (χ1) is 9.17. The maximum atomic E-state index is 5.75. The minimum Gasteiger partial charge on any atom is -0.370 e. The van der Waals surface area contributed by atoms with E-state index in [2.05, 4.69) is 34.4 Å². The summed E-state index contributed by atoms with van der Waals surface area (Å²) >= 11 is 0. The fourth-order valence-corrected chi connectivity index (χ4v) is 2.51. The molecule has 0 atom stereocenters. The van der Waals surface area contributed by atoms with Crippen LogP contribution in [0.4, 0.5) is 17.6 Å². The maximum Gasteiger partial charge on any atom is 0.223 e. The molecule has 1 aromatic rings. The van der Waals surface area contributed by atoms with E-state index in [9.17, 15) is 0 Å². The number of rotatable bonds is 7. The van der Waals surface area contributed by atoms with E-state index in [4.69, 9.17) is 5.73 Å². The summed E-state index contributed by atoms with van der Waals surface area (Å²) in [5, 5.41) is 6.67. The molecule has 1 aliphatic rings. The van der Waals surface area contributed by atoms with Crippen molar-refractivity contribution in [2.24, 2.45) is 5.41 Å². The fourth-order valence-electron chi connectivity index (χ4n) is 2.51. The summed E-state index contributed by atoms with van der Waals surface area (Å²) in [5.74, 6) is 1.95. The number of aromatic nitrogens is 2. The van der Waals surface area contributed by atoms with Crippen LogP contribution in [0.5, 0.6) is 0 Å². The van der Waals surface area contributed by atoms with Crippen molar-refractivity contribution in [1.82, 2.24) is 9.97 Å². The van der Waals surface area contributed by atoms with E-state index in [-0.39, 0.29) is 0 Å². The topological polar surface area (TPSA) is 75.9 Å². The van der Waals surface area contributed by atoms with Crippen molar-refractivity contribution in [3.63, 3.8) is 0 Å². The van der Waals surface area contributed by atoms with E-state index in [1.54, 1.807) is 0 Å². The SMILES string of the molecule is CCCNc1cc(NCC2(CC)CCC2)nc(N)n1. The lowest BCUT2D eigenvalue weighted by atomic mass is 9.67. The van der Waals surface area contributed by atoms with Crippen LogP contribution < -0.4 is 16.4 Å². The first kappa shape index (κ1) is 13.9. The molecule has 19 heavy (non-hydrogen) atoms. The molecule has 0 saturated heterocycles. The molecule has 1 saturated carbocycles. The van der Waals surface area contributed by atoms with Crippen molar-refractivity contribution in [1.29, 1.82) is 0 Å². The van der Waals surface area contributed by atoms with E-state index in [1.807, 2.05) is 6.07 Å². The number of anilines is 3. The fraction of sp³-hybridized carbons (Fsp3) is 0.714. The number of hydrogen-bond donors (Lipinski definition) is 3. The van der Waals surface area contributed by atoms with Gasteiger partial charge in [-0.1, -0.05) is 20.3 Å². The second-order valence-corrected chi connectivity index (χ2v) is 5.48. The third-order valence-electron chi connectivity index (χ3n) is 4.11. The molecule has 4 N–H and O–H groups in total. The average Bonchev–Trinajstić information content (AvgIpc) is 2.35. The molecule has 5 nitrogen and oxygen atoms in total. The molecule has 1 fully saturated rings. The van der Waals surface area contributed by atoms with Gasteiger partial charge < -0.3 is 16.4 Å². The minimum atomic E-state index is 0.322. The summed E-state index contributed by atoms with van der Waals surface area (Å²) in [6.07, 6.45) is 6.27. The lowest BCUT2D eigenvalue weighted by molar-refractivity contribution is 0.145. The summed E-state index contributed by atoms with van der Waals surface area (Å²) in [6, 6.07) is 1.94. The standard InChI is InChI=1S/C14H25N5/c1-3-8-16-11-9-12(19-13(15)18-11)17-10-14(4-2)6-5-7-14/h9H,3-8,10H2,1-2H3,(H4,15,16,17,18,19). The Morgan fingerprint density at radius 2 is 1.89 bits per heavy atom. The highest BCUT2D eigenvalue weighted by Gasteiger charge is 2.34. The van der Waals surface area contributed by atoms with Crippen molar-refractivity contribution < 1.29 is 0 Å². The van der Waals surface area contributed by atoms with Gasteiger partial charge in [-0.25, -0.2) is 0 Å². The van der Waals surface area contributed by atoms with Gasteiger partial charge in [0.1, 0.15) is 11.6 Å². The highest BCUT2D eigenvalue weighted by Crippen LogP contribution is 2.43. The lowest BCUT2D eigenvalue weighted by Crippen LogP contribution is -2.36. The van der Waals surface area contributed by atoms with Crippen molar-refractivity contribution in [3.8, 4) is 0 Å². The van der Waals surface area contributed by atoms with Crippen LogP contribution in [-0.4, -0.2) is 23.1 Å². The van der Waals surface area contributed by atoms with Crippen LogP contribution in [-0.2, 0) is 0 Å². The van der Waals surface area contributed by atoms with E-state index in [1.165, 1.54) is 25.7 Å². The quantitative estimate of drug-likeness (QED) is 0.705. The molecular weight excluding hydrogens is 238 g/mol. The van der Waals surface area contributed by atoms with Crippen LogP contribution in [0.3, 0.4) is 0 Å². The monoisotopic (exact) mass is 263 g/mol. The predicted octanol–water partition coefficient (Wildman–Crippen LogP) is 2.87. The molecule has 0 bridgehead atoms. The second-order valence-electron chi connectivity index (χ2n) is 5.48. The Morgan fingerprint density at radius 1 is 1.21 bits per heavy atom. The van der Waals surface area contributed by atoms with Crippen LogP contribution >= 0.6 is 0 Å². The van der Waals surface area contributed by atoms with Gasteiger partial charge >= 0.3 is 0 Å². The number of nitrogens with zero attached hydrogens (tertiary/aromatic N) is 2. The largest absolute Gasteiger partial charge is 0.370 e. The minimum absolute atomic E-state index is 0.322. The molecule has 5 heteroatoms. The Balaban J connectivity index is 1.97. The highest BCUT2D eigenvalue weighted by molar-refractivity contribution is 5.51. The van der Waals surface area contributed by atoms with Crippen LogP contribution in [0, 0.1) is 5.41 Å². The summed E-state index contributed by atoms with van der Waals surface area (Å²) < 4.78 is 0. The Labute approximate surface area is 115 Å². The zero-order valence-electron chi connectivity index (χ0n) is 12.0. The molecule has 0 spiro atoms. The number of nitrogen functional groups attached to an aromatic ring is 1. The van der Waals surface area contributed by atoms with Gasteiger partial charge in [0.05, 0.1) is 0 Å². The second kappa shape index (κ2) is 6.08. The molecule has 1 aromatic heterocycles. The van der Waals surface area contributed by atoms with Gasteiger partial charge in [0.25, 0.3) is 0 Å². The molecule has 0 amide bonds. The van der Waals surface area contributed by atoms with E-state index in [0.29, 0.717) is 11.4 Å². The van der Waals surface area contributed by atoms with E-state index >= 15 is 0 Å². The molecule has 106 valence electrons. The van der Waals surface area contributed by atoms with Crippen molar-refractivity contribution in [2.75, 3.05) is 29.5 Å². The summed E-state index contributed by atoms with van der Waals surface area (Å²) in [7, 11) is 0. The van der Waals surface area contributed by atoms with Crippen LogP contribution in [0.2, 0.25) is 0 Å². The third kappa shape index (κ3) is 3.49. The molecule has 1 heterocycles.